The molecule has 1 rings (SSSR count). The second-order valence-electron chi connectivity index (χ2n) is 3.79. The van der Waals surface area contributed by atoms with E-state index in [1.165, 1.54) is 0 Å². The van der Waals surface area contributed by atoms with E-state index in [0.29, 0.717) is 5.06 Å². The van der Waals surface area contributed by atoms with Crippen LogP contribution in [0.3, 0.4) is 0 Å². The number of hydroxylamine groups is 2. The lowest BCUT2D eigenvalue weighted by Gasteiger charge is -2.08. The van der Waals surface area contributed by atoms with Crippen molar-refractivity contribution in [1.29, 1.82) is 0 Å². The molecule has 0 spiro atoms. The van der Waals surface area contributed by atoms with Crippen LogP contribution in [-0.2, 0) is 0 Å². The van der Waals surface area contributed by atoms with E-state index in [4.69, 9.17) is 10.9 Å². The summed E-state index contributed by atoms with van der Waals surface area (Å²) in [6, 6.07) is 7.09. The van der Waals surface area contributed by atoms with E-state index >= 15 is 0 Å². The van der Waals surface area contributed by atoms with E-state index in [1.807, 2.05) is 36.4 Å². The maximum atomic E-state index is 10.6. The monoisotopic (exact) mass is 278 g/mol. The minimum atomic E-state index is -0.863. The first-order valence-corrected chi connectivity index (χ1v) is 6.89. The highest BCUT2D eigenvalue weighted by Crippen LogP contribution is 2.24. The molecule has 0 unspecified atom stereocenters. The Morgan fingerprint density at radius 1 is 1.47 bits per heavy atom. The number of benzene rings is 1. The van der Waals surface area contributed by atoms with E-state index in [2.05, 4.69) is 6.58 Å². The van der Waals surface area contributed by atoms with Crippen molar-refractivity contribution in [2.45, 2.75) is 11.3 Å². The molecular formula is C14H18N2O2S. The Balaban J connectivity index is 2.63. The lowest BCUT2D eigenvalue weighted by molar-refractivity contribution is -0.0286. The number of thioether (sulfide) groups is 1. The molecule has 0 saturated carbocycles. The van der Waals surface area contributed by atoms with Crippen LogP contribution in [0.1, 0.15) is 12.0 Å². The van der Waals surface area contributed by atoms with Crippen molar-refractivity contribution in [1.82, 2.24) is 5.06 Å². The summed E-state index contributed by atoms with van der Waals surface area (Å²) >= 11 is 1.75. The third kappa shape index (κ3) is 5.63. The smallest absolute Gasteiger partial charge is 0.338 e. The summed E-state index contributed by atoms with van der Waals surface area (Å²) < 4.78 is 0. The van der Waals surface area contributed by atoms with Gasteiger partial charge in [-0.2, -0.15) is 0 Å². The molecule has 1 aromatic rings. The van der Waals surface area contributed by atoms with Crippen molar-refractivity contribution in [2.24, 2.45) is 5.73 Å². The summed E-state index contributed by atoms with van der Waals surface area (Å²) in [6.07, 6.45) is 6.40. The van der Waals surface area contributed by atoms with E-state index in [0.717, 1.165) is 22.6 Å². The zero-order chi connectivity index (χ0) is 14.1. The van der Waals surface area contributed by atoms with Crippen LogP contribution in [0, 0.1) is 0 Å². The first kappa shape index (κ1) is 15.3. The van der Waals surface area contributed by atoms with E-state index in [9.17, 15) is 4.79 Å². The van der Waals surface area contributed by atoms with Gasteiger partial charge >= 0.3 is 6.03 Å². The van der Waals surface area contributed by atoms with Crippen molar-refractivity contribution in [3.8, 4) is 0 Å². The summed E-state index contributed by atoms with van der Waals surface area (Å²) in [5.74, 6) is 0.974. The fourth-order valence-electron chi connectivity index (χ4n) is 1.37. The van der Waals surface area contributed by atoms with Gasteiger partial charge in [0.05, 0.1) is 6.54 Å². The van der Waals surface area contributed by atoms with E-state index in [-0.39, 0.29) is 6.54 Å². The van der Waals surface area contributed by atoms with Crippen LogP contribution in [0.5, 0.6) is 0 Å². The van der Waals surface area contributed by atoms with Gasteiger partial charge in [-0.3, -0.25) is 5.21 Å². The molecule has 102 valence electrons. The van der Waals surface area contributed by atoms with Crippen LogP contribution in [0.4, 0.5) is 4.79 Å². The SMILES string of the molecule is C=CCCSc1ccccc1C=CCN(O)C(N)=O. The molecule has 5 heteroatoms. The van der Waals surface area contributed by atoms with Crippen molar-refractivity contribution in [2.75, 3.05) is 12.3 Å². The van der Waals surface area contributed by atoms with Crippen LogP contribution >= 0.6 is 11.8 Å². The fourth-order valence-corrected chi connectivity index (χ4v) is 2.35. The maximum Gasteiger partial charge on any atom is 0.338 e. The molecule has 0 radical (unpaired) electrons. The maximum absolute atomic E-state index is 10.6. The predicted molar refractivity (Wildman–Crippen MR) is 79.1 cm³/mol. The second-order valence-corrected chi connectivity index (χ2v) is 4.92. The lowest BCUT2D eigenvalue weighted by atomic mass is 10.2. The Hall–Kier alpha value is -1.72. The van der Waals surface area contributed by atoms with Gasteiger partial charge in [-0.25, -0.2) is 9.86 Å². The number of carbonyl (C=O) groups excluding carboxylic acids is 1. The van der Waals surface area contributed by atoms with Crippen molar-refractivity contribution >= 4 is 23.9 Å². The lowest BCUT2D eigenvalue weighted by Crippen LogP contribution is -2.32. The highest BCUT2D eigenvalue weighted by molar-refractivity contribution is 7.99. The molecule has 19 heavy (non-hydrogen) atoms. The molecule has 0 bridgehead atoms. The van der Waals surface area contributed by atoms with Crippen molar-refractivity contribution in [3.05, 3.63) is 48.6 Å². The molecule has 4 nitrogen and oxygen atoms in total. The molecule has 0 aliphatic rings. The summed E-state index contributed by atoms with van der Waals surface area (Å²) in [7, 11) is 0. The zero-order valence-electron chi connectivity index (χ0n) is 10.7. The molecule has 0 fully saturated rings. The number of allylic oxidation sites excluding steroid dienone is 1. The summed E-state index contributed by atoms with van der Waals surface area (Å²) in [4.78, 5) is 11.8. The summed E-state index contributed by atoms with van der Waals surface area (Å²) in [5, 5.41) is 9.60. The quantitative estimate of drug-likeness (QED) is 0.265. The molecule has 0 heterocycles. The second kappa shape index (κ2) is 8.39. The Morgan fingerprint density at radius 2 is 2.21 bits per heavy atom. The number of hydrogen-bond donors (Lipinski definition) is 2. The molecule has 2 amide bonds. The van der Waals surface area contributed by atoms with Gasteiger partial charge in [-0.05, 0) is 18.1 Å². The molecule has 0 aliphatic carbocycles. The van der Waals surface area contributed by atoms with E-state index < -0.39 is 6.03 Å². The van der Waals surface area contributed by atoms with Gasteiger partial charge in [0.2, 0.25) is 0 Å². The topological polar surface area (TPSA) is 66.6 Å². The van der Waals surface area contributed by atoms with Gasteiger partial charge in [0, 0.05) is 10.6 Å². The van der Waals surface area contributed by atoms with E-state index in [1.54, 1.807) is 17.8 Å². The van der Waals surface area contributed by atoms with Crippen LogP contribution in [-0.4, -0.2) is 28.6 Å². The molecular weight excluding hydrogens is 260 g/mol. The number of hydrogen-bond acceptors (Lipinski definition) is 3. The third-order valence-electron chi connectivity index (χ3n) is 2.33. The Kier molecular flexibility index (Phi) is 6.78. The number of primary amides is 1. The van der Waals surface area contributed by atoms with Gasteiger partial charge in [0.1, 0.15) is 0 Å². The number of nitrogens with two attached hydrogens (primary N) is 1. The Morgan fingerprint density at radius 3 is 2.89 bits per heavy atom. The third-order valence-corrected chi connectivity index (χ3v) is 3.45. The molecule has 3 N–H and O–H groups in total. The number of carbonyl (C=O) groups is 1. The number of nitrogens with zero attached hydrogens (tertiary/aromatic N) is 1. The molecule has 0 aromatic heterocycles. The highest BCUT2D eigenvalue weighted by Gasteiger charge is 2.02. The molecule has 0 atom stereocenters. The summed E-state index contributed by atoms with van der Waals surface area (Å²) in [6.45, 7) is 3.77. The Bertz CT molecular complexity index is 461. The van der Waals surface area contributed by atoms with Crippen LogP contribution < -0.4 is 5.73 Å². The first-order valence-electron chi connectivity index (χ1n) is 5.90. The van der Waals surface area contributed by atoms with Crippen molar-refractivity contribution in [3.63, 3.8) is 0 Å². The van der Waals surface area contributed by atoms with Gasteiger partial charge in [-0.1, -0.05) is 36.4 Å². The number of rotatable bonds is 7. The van der Waals surface area contributed by atoms with Crippen LogP contribution in [0.25, 0.3) is 6.08 Å². The molecule has 0 aliphatic heterocycles. The number of amides is 2. The fraction of sp³-hybridized carbons (Fsp3) is 0.214. The van der Waals surface area contributed by atoms with Gasteiger partial charge in [0.15, 0.2) is 0 Å². The average molecular weight is 278 g/mol. The number of urea groups is 1. The first-order chi connectivity index (χ1) is 9.15. The van der Waals surface area contributed by atoms with Crippen LogP contribution in [0.15, 0.2) is 47.9 Å². The van der Waals surface area contributed by atoms with Crippen LogP contribution in [0.2, 0.25) is 0 Å². The van der Waals surface area contributed by atoms with Gasteiger partial charge in [-0.15, -0.1) is 18.3 Å². The molecule has 0 saturated heterocycles. The summed E-state index contributed by atoms with van der Waals surface area (Å²) in [5.41, 5.74) is 5.97. The van der Waals surface area contributed by atoms with Gasteiger partial charge in [0.25, 0.3) is 0 Å². The standard InChI is InChI=1S/C14H18N2O2S/c1-2-3-11-19-13-9-5-4-7-12(13)8-6-10-16(18)14(15)17/h2,4-9,18H,1,3,10-11H2,(H2,15,17). The highest BCUT2D eigenvalue weighted by atomic mass is 32.2. The Labute approximate surface area is 117 Å². The molecule has 1 aromatic carbocycles. The largest absolute Gasteiger partial charge is 0.350 e. The minimum Gasteiger partial charge on any atom is -0.350 e. The van der Waals surface area contributed by atoms with Crippen molar-refractivity contribution < 1.29 is 10.0 Å². The van der Waals surface area contributed by atoms with Gasteiger partial charge < -0.3 is 5.73 Å². The average Bonchev–Trinajstić information content (AvgIpc) is 2.40. The zero-order valence-corrected chi connectivity index (χ0v) is 11.5. The normalized spacial score (nSPS) is 10.6. The predicted octanol–water partition coefficient (Wildman–Crippen LogP) is 3.14. The minimum absolute atomic E-state index is 0.0704.